The van der Waals surface area contributed by atoms with E-state index >= 15 is 0 Å². The Morgan fingerprint density at radius 1 is 1.03 bits per heavy atom. The molecule has 0 saturated carbocycles. The number of nitrogens with one attached hydrogen (secondary N) is 2. The number of hydrogen-bond donors (Lipinski definition) is 2. The Balaban J connectivity index is 1.36. The third kappa shape index (κ3) is 4.71. The van der Waals surface area contributed by atoms with Crippen molar-refractivity contribution in [1.82, 2.24) is 10.6 Å². The maximum atomic E-state index is 10.9. The monoisotopic (exact) mass is 400 g/mol. The predicted octanol–water partition coefficient (Wildman–Crippen LogP) is 4.53. The van der Waals surface area contributed by atoms with Crippen LogP contribution in [0.4, 0.5) is 0 Å². The van der Waals surface area contributed by atoms with Gasteiger partial charge in [0.25, 0.3) is 0 Å². The zero-order valence-electron chi connectivity index (χ0n) is 17.6. The van der Waals surface area contributed by atoms with Crippen LogP contribution >= 0.6 is 0 Å². The first-order valence-corrected chi connectivity index (χ1v) is 10.5. The van der Waals surface area contributed by atoms with Gasteiger partial charge in [0.15, 0.2) is 0 Å². The first-order chi connectivity index (χ1) is 14.6. The molecule has 1 aliphatic heterocycles. The average molecular weight is 401 g/mol. The van der Waals surface area contributed by atoms with Gasteiger partial charge in [-0.15, -0.1) is 0 Å². The van der Waals surface area contributed by atoms with E-state index in [9.17, 15) is 4.79 Å². The molecule has 1 heterocycles. The van der Waals surface area contributed by atoms with Crippen molar-refractivity contribution >= 4 is 5.91 Å². The summed E-state index contributed by atoms with van der Waals surface area (Å²) in [6.45, 7) is 6.38. The maximum Gasteiger partial charge on any atom is 0.222 e. The molecule has 0 aliphatic carbocycles. The number of ether oxygens (including phenoxy) is 1. The molecule has 0 radical (unpaired) electrons. The number of aryl methyl sites for hydroxylation is 1. The largest absolute Gasteiger partial charge is 0.489 e. The van der Waals surface area contributed by atoms with Gasteiger partial charge in [-0.05, 0) is 53.3 Å². The number of rotatable bonds is 8. The van der Waals surface area contributed by atoms with E-state index in [-0.39, 0.29) is 11.9 Å². The van der Waals surface area contributed by atoms with Crippen LogP contribution in [-0.2, 0) is 17.9 Å². The quantitative estimate of drug-likeness (QED) is 0.546. The number of carbonyl (C=O) groups is 1. The van der Waals surface area contributed by atoms with Gasteiger partial charge in [-0.2, -0.15) is 0 Å². The molecular weight excluding hydrogens is 372 g/mol. The summed E-state index contributed by atoms with van der Waals surface area (Å²) in [5, 5.41) is 6.28. The third-order valence-corrected chi connectivity index (χ3v) is 5.67. The van der Waals surface area contributed by atoms with Crippen LogP contribution in [-0.4, -0.2) is 18.5 Å². The second kappa shape index (κ2) is 9.14. The standard InChI is InChI=1S/C26H28N2O2/c1-18-13-20(15-27-16-23-14-26(29)28-23)11-12-25(18)30-17-22-9-6-10-24(19(22)2)21-7-4-3-5-8-21/h3-13,23,27H,14-17H2,1-2H3,(H,28,29). The summed E-state index contributed by atoms with van der Waals surface area (Å²) in [4.78, 5) is 10.9. The Morgan fingerprint density at radius 3 is 2.57 bits per heavy atom. The first-order valence-electron chi connectivity index (χ1n) is 10.5. The fourth-order valence-corrected chi connectivity index (χ4v) is 3.85. The number of benzene rings is 3. The lowest BCUT2D eigenvalue weighted by Crippen LogP contribution is -2.53. The van der Waals surface area contributed by atoms with E-state index < -0.39 is 0 Å². The molecule has 1 amide bonds. The van der Waals surface area contributed by atoms with Crippen LogP contribution < -0.4 is 15.4 Å². The topological polar surface area (TPSA) is 50.4 Å². The first kappa shape index (κ1) is 20.2. The molecule has 1 unspecified atom stereocenters. The highest BCUT2D eigenvalue weighted by molar-refractivity contribution is 5.82. The van der Waals surface area contributed by atoms with E-state index in [2.05, 4.69) is 79.1 Å². The summed E-state index contributed by atoms with van der Waals surface area (Å²) in [5.41, 5.74) is 7.27. The van der Waals surface area contributed by atoms with Crippen molar-refractivity contribution in [2.75, 3.05) is 6.54 Å². The smallest absolute Gasteiger partial charge is 0.222 e. The number of hydrogen-bond acceptors (Lipinski definition) is 3. The van der Waals surface area contributed by atoms with Crippen molar-refractivity contribution in [2.24, 2.45) is 0 Å². The van der Waals surface area contributed by atoms with Crippen molar-refractivity contribution in [1.29, 1.82) is 0 Å². The zero-order valence-corrected chi connectivity index (χ0v) is 17.6. The lowest BCUT2D eigenvalue weighted by molar-refractivity contribution is -0.128. The van der Waals surface area contributed by atoms with E-state index in [0.29, 0.717) is 13.0 Å². The van der Waals surface area contributed by atoms with E-state index in [1.165, 1.54) is 27.8 Å². The van der Waals surface area contributed by atoms with Gasteiger partial charge in [-0.3, -0.25) is 4.79 Å². The van der Waals surface area contributed by atoms with Crippen LogP contribution in [0.1, 0.15) is 28.7 Å². The van der Waals surface area contributed by atoms with Crippen LogP contribution in [0.25, 0.3) is 11.1 Å². The van der Waals surface area contributed by atoms with Crippen molar-refractivity contribution in [2.45, 2.75) is 39.5 Å². The maximum absolute atomic E-state index is 10.9. The van der Waals surface area contributed by atoms with Gasteiger partial charge in [0.2, 0.25) is 5.91 Å². The van der Waals surface area contributed by atoms with E-state index in [4.69, 9.17) is 4.74 Å². The average Bonchev–Trinajstić information content (AvgIpc) is 2.73. The molecule has 1 aliphatic rings. The fourth-order valence-electron chi connectivity index (χ4n) is 3.85. The number of carbonyl (C=O) groups excluding carboxylic acids is 1. The third-order valence-electron chi connectivity index (χ3n) is 5.67. The molecule has 0 bridgehead atoms. The highest BCUT2D eigenvalue weighted by atomic mass is 16.5. The Morgan fingerprint density at radius 2 is 1.83 bits per heavy atom. The van der Waals surface area contributed by atoms with Gasteiger partial charge in [-0.1, -0.05) is 60.7 Å². The molecule has 3 aromatic carbocycles. The van der Waals surface area contributed by atoms with Gasteiger partial charge in [0.1, 0.15) is 12.4 Å². The minimum Gasteiger partial charge on any atom is -0.489 e. The molecule has 2 N–H and O–H groups in total. The number of β-lactam (4-membered cyclic amide) rings is 1. The molecule has 4 heteroatoms. The molecular formula is C26H28N2O2. The molecule has 0 aromatic heterocycles. The molecule has 4 nitrogen and oxygen atoms in total. The predicted molar refractivity (Wildman–Crippen MR) is 120 cm³/mol. The van der Waals surface area contributed by atoms with E-state index in [1.54, 1.807) is 0 Å². The molecule has 0 spiro atoms. The van der Waals surface area contributed by atoms with Crippen LogP contribution in [0.15, 0.2) is 66.7 Å². The normalized spacial score (nSPS) is 15.4. The van der Waals surface area contributed by atoms with Crippen LogP contribution in [0.2, 0.25) is 0 Å². The molecule has 1 atom stereocenters. The minimum absolute atomic E-state index is 0.142. The van der Waals surface area contributed by atoms with Gasteiger partial charge >= 0.3 is 0 Å². The van der Waals surface area contributed by atoms with Crippen molar-refractivity contribution in [3.05, 3.63) is 89.0 Å². The second-order valence-corrected chi connectivity index (χ2v) is 7.94. The summed E-state index contributed by atoms with van der Waals surface area (Å²) in [6, 6.07) is 23.4. The van der Waals surface area contributed by atoms with Crippen molar-refractivity contribution in [3.63, 3.8) is 0 Å². The van der Waals surface area contributed by atoms with Crippen LogP contribution in [0, 0.1) is 13.8 Å². The molecule has 3 aromatic rings. The molecule has 1 fully saturated rings. The summed E-state index contributed by atoms with van der Waals surface area (Å²) < 4.78 is 6.16. The molecule has 4 rings (SSSR count). The van der Waals surface area contributed by atoms with Gasteiger partial charge in [0, 0.05) is 19.5 Å². The summed E-state index contributed by atoms with van der Waals surface area (Å²) in [5.74, 6) is 1.05. The summed E-state index contributed by atoms with van der Waals surface area (Å²) in [7, 11) is 0. The zero-order chi connectivity index (χ0) is 20.9. The second-order valence-electron chi connectivity index (χ2n) is 7.94. The lowest BCUT2D eigenvalue weighted by atomic mass is 9.97. The molecule has 154 valence electrons. The summed E-state index contributed by atoms with van der Waals surface area (Å²) in [6.07, 6.45) is 0.629. The minimum atomic E-state index is 0.142. The number of amides is 1. The Hall–Kier alpha value is -3.11. The SMILES string of the molecule is Cc1cc(CNCC2CC(=O)N2)ccc1OCc1cccc(-c2ccccc2)c1C. The van der Waals surface area contributed by atoms with E-state index in [1.807, 2.05) is 12.1 Å². The molecule has 1 saturated heterocycles. The lowest BCUT2D eigenvalue weighted by Gasteiger charge is -2.27. The van der Waals surface area contributed by atoms with Crippen LogP contribution in [0.3, 0.4) is 0 Å². The van der Waals surface area contributed by atoms with Crippen molar-refractivity contribution in [3.8, 4) is 16.9 Å². The summed E-state index contributed by atoms with van der Waals surface area (Å²) >= 11 is 0. The highest BCUT2D eigenvalue weighted by Gasteiger charge is 2.24. The van der Waals surface area contributed by atoms with Crippen LogP contribution in [0.5, 0.6) is 5.75 Å². The van der Waals surface area contributed by atoms with Gasteiger partial charge in [-0.25, -0.2) is 0 Å². The molecule has 30 heavy (non-hydrogen) atoms. The van der Waals surface area contributed by atoms with Gasteiger partial charge < -0.3 is 15.4 Å². The van der Waals surface area contributed by atoms with E-state index in [0.717, 1.165) is 24.4 Å². The van der Waals surface area contributed by atoms with Gasteiger partial charge in [0.05, 0.1) is 6.04 Å². The van der Waals surface area contributed by atoms with Crippen molar-refractivity contribution < 1.29 is 9.53 Å². The fraction of sp³-hybridized carbons (Fsp3) is 0.269. The Kier molecular flexibility index (Phi) is 6.15. The highest BCUT2D eigenvalue weighted by Crippen LogP contribution is 2.27. The Bertz CT molecular complexity index is 1020. The Labute approximate surface area is 178 Å².